The number of ether oxygens (including phenoxy) is 1. The van der Waals surface area contributed by atoms with Gasteiger partial charge in [0.1, 0.15) is 5.60 Å². The number of aromatic nitrogens is 2. The Balaban J connectivity index is 1.82. The molecule has 0 bridgehead atoms. The number of rotatable bonds is 5. The molecule has 10 heteroatoms. The van der Waals surface area contributed by atoms with E-state index >= 15 is 0 Å². The van der Waals surface area contributed by atoms with Crippen LogP contribution in [0.3, 0.4) is 0 Å². The number of benzene rings is 1. The zero-order valence-electron chi connectivity index (χ0n) is 17.7. The molecule has 3 aromatic rings. The Bertz CT molecular complexity index is 1230. The van der Waals surface area contributed by atoms with E-state index in [4.69, 9.17) is 16.3 Å². The molecule has 0 atom stereocenters. The van der Waals surface area contributed by atoms with Gasteiger partial charge in [0.15, 0.2) is 21.4 Å². The highest BCUT2D eigenvalue weighted by molar-refractivity contribution is 7.90. The van der Waals surface area contributed by atoms with Crippen LogP contribution in [0.2, 0.25) is 5.02 Å². The summed E-state index contributed by atoms with van der Waals surface area (Å²) in [6, 6.07) is 5.91. The minimum absolute atomic E-state index is 0.0318. The first-order chi connectivity index (χ1) is 14.3. The second-order valence-corrected chi connectivity index (χ2v) is 11.6. The van der Waals surface area contributed by atoms with E-state index in [-0.39, 0.29) is 21.4 Å². The molecule has 0 spiro atoms. The molecule has 0 aliphatic heterocycles. The molecular formula is C21H22ClN3O4S2. The van der Waals surface area contributed by atoms with Crippen molar-refractivity contribution >= 4 is 44.4 Å². The van der Waals surface area contributed by atoms with Crippen LogP contribution in [-0.4, -0.2) is 36.1 Å². The number of anilines is 1. The molecule has 0 radical (unpaired) electrons. The summed E-state index contributed by atoms with van der Waals surface area (Å²) in [5.41, 5.74) is 0.678. The first-order valence-corrected chi connectivity index (χ1v) is 12.3. The molecule has 0 fully saturated rings. The first-order valence-electron chi connectivity index (χ1n) is 9.26. The molecule has 31 heavy (non-hydrogen) atoms. The quantitative estimate of drug-likeness (QED) is 0.552. The summed E-state index contributed by atoms with van der Waals surface area (Å²) in [5.74, 6) is 0.662. The zero-order valence-corrected chi connectivity index (χ0v) is 20.1. The lowest BCUT2D eigenvalue weighted by molar-refractivity contribution is 0.103. The van der Waals surface area contributed by atoms with Crippen molar-refractivity contribution in [2.24, 2.45) is 0 Å². The van der Waals surface area contributed by atoms with E-state index in [9.17, 15) is 13.2 Å². The largest absolute Gasteiger partial charge is 0.485 e. The third-order valence-electron chi connectivity index (χ3n) is 3.99. The van der Waals surface area contributed by atoms with E-state index < -0.39 is 9.84 Å². The molecule has 1 N–H and O–H groups in total. The van der Waals surface area contributed by atoms with E-state index in [0.717, 1.165) is 16.7 Å². The van der Waals surface area contributed by atoms with Gasteiger partial charge in [0, 0.05) is 27.4 Å². The molecule has 0 saturated carbocycles. The van der Waals surface area contributed by atoms with Gasteiger partial charge in [0.05, 0.1) is 22.2 Å². The van der Waals surface area contributed by atoms with E-state index in [1.54, 1.807) is 18.5 Å². The van der Waals surface area contributed by atoms with Crippen molar-refractivity contribution in [3.05, 3.63) is 51.4 Å². The summed E-state index contributed by atoms with van der Waals surface area (Å²) in [5, 5.41) is 2.92. The zero-order chi connectivity index (χ0) is 23.0. The van der Waals surface area contributed by atoms with Crippen LogP contribution in [-0.2, 0) is 9.84 Å². The third-order valence-corrected chi connectivity index (χ3v) is 6.35. The Labute approximate surface area is 190 Å². The lowest BCUT2D eigenvalue weighted by atomic mass is 10.2. The van der Waals surface area contributed by atoms with Crippen LogP contribution in [0, 0.1) is 6.92 Å². The minimum Gasteiger partial charge on any atom is -0.485 e. The number of carbonyl (C=O) groups is 1. The number of halogens is 1. The second kappa shape index (κ2) is 8.57. The van der Waals surface area contributed by atoms with Crippen LogP contribution in [0.15, 0.2) is 41.6 Å². The fourth-order valence-corrected chi connectivity index (χ4v) is 4.61. The monoisotopic (exact) mass is 479 g/mol. The Kier molecular flexibility index (Phi) is 6.40. The number of sulfone groups is 1. The van der Waals surface area contributed by atoms with Gasteiger partial charge in [-0.3, -0.25) is 4.79 Å². The molecular weight excluding hydrogens is 458 g/mol. The van der Waals surface area contributed by atoms with Crippen molar-refractivity contribution in [3.63, 3.8) is 0 Å². The van der Waals surface area contributed by atoms with Gasteiger partial charge >= 0.3 is 0 Å². The summed E-state index contributed by atoms with van der Waals surface area (Å²) in [6.45, 7) is 7.69. The molecule has 0 unspecified atom stereocenters. The van der Waals surface area contributed by atoms with Gasteiger partial charge in [-0.05, 0) is 52.0 Å². The van der Waals surface area contributed by atoms with Crippen LogP contribution in [0.25, 0.3) is 11.4 Å². The van der Waals surface area contributed by atoms with Crippen molar-refractivity contribution in [1.82, 2.24) is 9.97 Å². The molecule has 164 valence electrons. The van der Waals surface area contributed by atoms with Crippen molar-refractivity contribution in [2.75, 3.05) is 11.6 Å². The Hall–Kier alpha value is -2.49. The molecule has 0 saturated heterocycles. The maximum absolute atomic E-state index is 12.7. The standard InChI is InChI=1S/C21H22ClN3O4S2/c1-12-17(19-23-10-15(11-24-19)29-21(2,3)4)9-18(30-12)20(26)25-14-6-13(22)7-16(8-14)31(5,27)28/h6-11H,1-5H3,(H,25,26). The molecule has 7 nitrogen and oxygen atoms in total. The summed E-state index contributed by atoms with van der Waals surface area (Å²) < 4.78 is 29.3. The van der Waals surface area contributed by atoms with Crippen LogP contribution >= 0.6 is 22.9 Å². The maximum Gasteiger partial charge on any atom is 0.265 e. The summed E-state index contributed by atoms with van der Waals surface area (Å²) in [7, 11) is -3.46. The number of amides is 1. The second-order valence-electron chi connectivity index (χ2n) is 7.94. The van der Waals surface area contributed by atoms with Crippen LogP contribution in [0.5, 0.6) is 5.75 Å². The molecule has 0 aliphatic carbocycles. The van der Waals surface area contributed by atoms with Gasteiger partial charge in [-0.1, -0.05) is 11.6 Å². The topological polar surface area (TPSA) is 98.2 Å². The minimum atomic E-state index is -3.46. The average Bonchev–Trinajstić information content (AvgIpc) is 3.02. The van der Waals surface area contributed by atoms with Crippen molar-refractivity contribution in [3.8, 4) is 17.1 Å². The Morgan fingerprint density at radius 3 is 2.35 bits per heavy atom. The van der Waals surface area contributed by atoms with Gasteiger partial charge in [0.2, 0.25) is 0 Å². The summed E-state index contributed by atoms with van der Waals surface area (Å²) in [4.78, 5) is 22.8. The normalized spacial score (nSPS) is 11.9. The molecule has 2 heterocycles. The SMILES string of the molecule is Cc1sc(C(=O)Nc2cc(Cl)cc(S(C)(=O)=O)c2)cc1-c1ncc(OC(C)(C)C)cn1. The average molecular weight is 480 g/mol. The molecule has 3 rings (SSSR count). The lowest BCUT2D eigenvalue weighted by Gasteiger charge is -2.20. The summed E-state index contributed by atoms with van der Waals surface area (Å²) in [6.07, 6.45) is 4.28. The number of thiophene rings is 1. The molecule has 0 aliphatic rings. The highest BCUT2D eigenvalue weighted by atomic mass is 35.5. The van der Waals surface area contributed by atoms with Gasteiger partial charge in [-0.15, -0.1) is 11.3 Å². The van der Waals surface area contributed by atoms with Gasteiger partial charge in [-0.2, -0.15) is 0 Å². The number of hydrogen-bond donors (Lipinski definition) is 1. The molecule has 2 aromatic heterocycles. The number of carbonyl (C=O) groups excluding carboxylic acids is 1. The number of hydrogen-bond acceptors (Lipinski definition) is 7. The Morgan fingerprint density at radius 1 is 1.13 bits per heavy atom. The van der Waals surface area contributed by atoms with Gasteiger partial charge in [-0.25, -0.2) is 18.4 Å². The Morgan fingerprint density at radius 2 is 1.77 bits per heavy atom. The van der Waals surface area contributed by atoms with Crippen molar-refractivity contribution in [2.45, 2.75) is 38.2 Å². The first kappa shape index (κ1) is 23.2. The highest BCUT2D eigenvalue weighted by Gasteiger charge is 2.18. The van der Waals surface area contributed by atoms with Crippen molar-refractivity contribution in [1.29, 1.82) is 0 Å². The van der Waals surface area contributed by atoms with Gasteiger partial charge < -0.3 is 10.1 Å². The summed E-state index contributed by atoms with van der Waals surface area (Å²) >= 11 is 7.30. The maximum atomic E-state index is 12.7. The number of nitrogens with zero attached hydrogens (tertiary/aromatic N) is 2. The van der Waals surface area contributed by atoms with Crippen molar-refractivity contribution < 1.29 is 17.9 Å². The molecule has 1 aromatic carbocycles. The van der Waals surface area contributed by atoms with E-state index in [0.29, 0.717) is 22.1 Å². The lowest BCUT2D eigenvalue weighted by Crippen LogP contribution is -2.23. The van der Waals surface area contributed by atoms with E-state index in [2.05, 4.69) is 15.3 Å². The van der Waals surface area contributed by atoms with Gasteiger partial charge in [0.25, 0.3) is 5.91 Å². The molecule has 1 amide bonds. The third kappa shape index (κ3) is 6.03. The predicted octanol–water partition coefficient (Wildman–Crippen LogP) is 5.00. The number of nitrogens with one attached hydrogen (secondary N) is 1. The van der Waals surface area contributed by atoms with E-state index in [1.807, 2.05) is 27.7 Å². The smallest absolute Gasteiger partial charge is 0.265 e. The van der Waals surface area contributed by atoms with Crippen LogP contribution < -0.4 is 10.1 Å². The fraction of sp³-hybridized carbons (Fsp3) is 0.286. The van der Waals surface area contributed by atoms with Crippen LogP contribution in [0.1, 0.15) is 35.3 Å². The van der Waals surface area contributed by atoms with E-state index in [1.165, 1.54) is 29.5 Å². The fourth-order valence-electron chi connectivity index (χ4n) is 2.72. The number of aryl methyl sites for hydroxylation is 1. The highest BCUT2D eigenvalue weighted by Crippen LogP contribution is 2.31. The van der Waals surface area contributed by atoms with Crippen LogP contribution in [0.4, 0.5) is 5.69 Å². The predicted molar refractivity (Wildman–Crippen MR) is 123 cm³/mol.